The van der Waals surface area contributed by atoms with Gasteiger partial charge in [-0.15, -0.1) is 0 Å². The van der Waals surface area contributed by atoms with Gasteiger partial charge in [-0.3, -0.25) is 4.79 Å². The third kappa shape index (κ3) is 2.51. The lowest BCUT2D eigenvalue weighted by atomic mass is 9.77. The Morgan fingerprint density at radius 1 is 1.32 bits per heavy atom. The molecule has 144 valence electrons. The number of hydrogen-bond acceptors (Lipinski definition) is 4. The van der Waals surface area contributed by atoms with Crippen molar-refractivity contribution in [1.29, 1.82) is 0 Å². The van der Waals surface area contributed by atoms with Crippen molar-refractivity contribution in [3.8, 4) is 0 Å². The van der Waals surface area contributed by atoms with E-state index in [1.807, 2.05) is 47.0 Å². The Hall–Kier alpha value is -2.60. The largest absolute Gasteiger partial charge is 0.368 e. The summed E-state index contributed by atoms with van der Waals surface area (Å²) in [5, 5.41) is 1.64. The molecule has 1 aliphatic carbocycles. The third-order valence-electron chi connectivity index (χ3n) is 6.35. The van der Waals surface area contributed by atoms with Gasteiger partial charge in [-0.25, -0.2) is 9.97 Å². The number of nitrogen functional groups attached to an aromatic ring is 1. The molecule has 0 radical (unpaired) electrons. The number of rotatable bonds is 1. The van der Waals surface area contributed by atoms with E-state index >= 15 is 0 Å². The molecule has 6 nitrogen and oxygen atoms in total. The van der Waals surface area contributed by atoms with Crippen molar-refractivity contribution in [1.82, 2.24) is 19.4 Å². The van der Waals surface area contributed by atoms with E-state index in [1.165, 1.54) is 5.56 Å². The summed E-state index contributed by atoms with van der Waals surface area (Å²) in [6.45, 7) is 1.43. The number of benzene rings is 1. The summed E-state index contributed by atoms with van der Waals surface area (Å²) in [5.41, 5.74) is 9.52. The molecule has 2 aromatic heterocycles. The van der Waals surface area contributed by atoms with Crippen LogP contribution in [0.5, 0.6) is 0 Å². The Morgan fingerprint density at radius 3 is 3.00 bits per heavy atom. The van der Waals surface area contributed by atoms with E-state index in [0.29, 0.717) is 23.2 Å². The fourth-order valence-electron chi connectivity index (χ4n) is 4.99. The van der Waals surface area contributed by atoms with E-state index < -0.39 is 0 Å². The highest BCUT2D eigenvalue weighted by molar-refractivity contribution is 6.35. The summed E-state index contributed by atoms with van der Waals surface area (Å²) in [4.78, 5) is 24.1. The number of aromatic nitrogens is 3. The van der Waals surface area contributed by atoms with Crippen LogP contribution in [0.1, 0.15) is 41.0 Å². The van der Waals surface area contributed by atoms with Gasteiger partial charge < -0.3 is 15.2 Å². The maximum atomic E-state index is 13.4. The van der Waals surface area contributed by atoms with Gasteiger partial charge in [0, 0.05) is 37.1 Å². The van der Waals surface area contributed by atoms with Crippen LogP contribution in [0.15, 0.2) is 30.5 Å². The normalized spacial score (nSPS) is 21.4. The minimum atomic E-state index is -0.109. The standard InChI is InChI=1S/C21H22ClN5O/c1-26-16(10-13-4-2-5-15(22)17(13)26)19(28)27-9-3-7-21(12-27)8-6-14-11-24-20(23)25-18(14)21/h2,4-5,10-11H,3,6-9,12H2,1H3,(H2,23,24,25). The molecule has 2 aliphatic rings. The minimum absolute atomic E-state index is 0.0457. The van der Waals surface area contributed by atoms with Crippen LogP contribution >= 0.6 is 11.6 Å². The van der Waals surface area contributed by atoms with E-state index in [4.69, 9.17) is 17.3 Å². The maximum absolute atomic E-state index is 13.4. The Labute approximate surface area is 168 Å². The molecule has 28 heavy (non-hydrogen) atoms. The van der Waals surface area contributed by atoms with E-state index in [2.05, 4.69) is 9.97 Å². The molecule has 1 spiro atoms. The summed E-state index contributed by atoms with van der Waals surface area (Å²) in [7, 11) is 1.90. The lowest BCUT2D eigenvalue weighted by Gasteiger charge is -2.40. The van der Waals surface area contributed by atoms with E-state index in [-0.39, 0.29) is 11.3 Å². The molecule has 1 amide bonds. The number of likely N-dealkylation sites (tertiary alicyclic amines) is 1. The highest BCUT2D eigenvalue weighted by Gasteiger charge is 2.45. The number of hydrogen-bond donors (Lipinski definition) is 1. The van der Waals surface area contributed by atoms with Gasteiger partial charge in [-0.05, 0) is 43.4 Å². The summed E-state index contributed by atoms with van der Waals surface area (Å²) in [5.74, 6) is 0.358. The summed E-state index contributed by atoms with van der Waals surface area (Å²) in [6.07, 6.45) is 5.77. The first kappa shape index (κ1) is 17.5. The molecule has 3 aromatic rings. The molecule has 5 rings (SSSR count). The maximum Gasteiger partial charge on any atom is 0.270 e. The highest BCUT2D eigenvalue weighted by atomic mass is 35.5. The summed E-state index contributed by atoms with van der Waals surface area (Å²) in [6, 6.07) is 7.69. The van der Waals surface area contributed by atoms with Gasteiger partial charge in [0.2, 0.25) is 5.95 Å². The lowest BCUT2D eigenvalue weighted by Crippen LogP contribution is -2.48. The quantitative estimate of drug-likeness (QED) is 0.685. The molecular formula is C21H22ClN5O. The van der Waals surface area contributed by atoms with Crippen molar-refractivity contribution in [2.75, 3.05) is 18.8 Å². The second-order valence-electron chi connectivity index (χ2n) is 7.98. The number of aryl methyl sites for hydroxylation is 2. The molecule has 1 aromatic carbocycles. The topological polar surface area (TPSA) is 77.0 Å². The Bertz CT molecular complexity index is 1100. The van der Waals surface area contributed by atoms with Crippen LogP contribution < -0.4 is 5.73 Å². The van der Waals surface area contributed by atoms with E-state index in [0.717, 1.165) is 48.8 Å². The number of anilines is 1. The zero-order valence-corrected chi connectivity index (χ0v) is 16.5. The SMILES string of the molecule is Cn1c(C(=O)N2CCCC3(CCc4cnc(N)nc43)C2)cc2cccc(Cl)c21. The first-order valence-electron chi connectivity index (χ1n) is 9.64. The van der Waals surface area contributed by atoms with Gasteiger partial charge in [-0.2, -0.15) is 0 Å². The number of carbonyl (C=O) groups excluding carboxylic acids is 1. The Kier molecular flexibility index (Phi) is 3.88. The molecule has 0 bridgehead atoms. The highest BCUT2D eigenvalue weighted by Crippen LogP contribution is 2.44. The molecule has 1 atom stereocenters. The van der Waals surface area contributed by atoms with Crippen molar-refractivity contribution in [2.24, 2.45) is 7.05 Å². The van der Waals surface area contributed by atoms with Crippen LogP contribution in [0, 0.1) is 0 Å². The van der Waals surface area contributed by atoms with Gasteiger partial charge in [0.1, 0.15) is 5.69 Å². The number of carbonyl (C=O) groups is 1. The average Bonchev–Trinajstić information content (AvgIpc) is 3.20. The zero-order chi connectivity index (χ0) is 19.5. The summed E-state index contributed by atoms with van der Waals surface area (Å²) >= 11 is 6.36. The predicted molar refractivity (Wildman–Crippen MR) is 110 cm³/mol. The minimum Gasteiger partial charge on any atom is -0.368 e. The number of fused-ring (bicyclic) bond motifs is 3. The second-order valence-corrected chi connectivity index (χ2v) is 8.39. The molecule has 1 fully saturated rings. The molecule has 7 heteroatoms. The molecule has 3 heterocycles. The Balaban J connectivity index is 1.50. The van der Waals surface area contributed by atoms with Crippen LogP contribution in [0.4, 0.5) is 5.95 Å². The van der Waals surface area contributed by atoms with Gasteiger partial charge in [-0.1, -0.05) is 23.7 Å². The molecule has 0 saturated carbocycles. The molecule has 1 aliphatic heterocycles. The summed E-state index contributed by atoms with van der Waals surface area (Å²) < 4.78 is 1.91. The molecule has 1 unspecified atom stereocenters. The van der Waals surface area contributed by atoms with E-state index in [1.54, 1.807) is 0 Å². The number of amides is 1. The van der Waals surface area contributed by atoms with Crippen LogP contribution in [-0.4, -0.2) is 38.4 Å². The van der Waals surface area contributed by atoms with Crippen LogP contribution in [0.2, 0.25) is 5.02 Å². The Morgan fingerprint density at radius 2 is 2.18 bits per heavy atom. The van der Waals surface area contributed by atoms with Crippen molar-refractivity contribution in [3.63, 3.8) is 0 Å². The van der Waals surface area contributed by atoms with Gasteiger partial charge >= 0.3 is 0 Å². The number of para-hydroxylation sites is 1. The van der Waals surface area contributed by atoms with Crippen LogP contribution in [0.3, 0.4) is 0 Å². The van der Waals surface area contributed by atoms with Crippen molar-refractivity contribution >= 4 is 34.4 Å². The molecule has 1 saturated heterocycles. The van der Waals surface area contributed by atoms with Crippen molar-refractivity contribution in [3.05, 3.63) is 52.4 Å². The predicted octanol–water partition coefficient (Wildman–Crippen LogP) is 3.32. The fraction of sp³-hybridized carbons (Fsp3) is 0.381. The van der Waals surface area contributed by atoms with Crippen LogP contribution in [0.25, 0.3) is 10.9 Å². The van der Waals surface area contributed by atoms with Gasteiger partial charge in [0.05, 0.1) is 16.2 Å². The average molecular weight is 396 g/mol. The zero-order valence-electron chi connectivity index (χ0n) is 15.8. The second kappa shape index (κ2) is 6.21. The van der Waals surface area contributed by atoms with Crippen molar-refractivity contribution in [2.45, 2.75) is 31.1 Å². The van der Waals surface area contributed by atoms with Gasteiger partial charge in [0.15, 0.2) is 0 Å². The molecular weight excluding hydrogens is 374 g/mol. The monoisotopic (exact) mass is 395 g/mol. The van der Waals surface area contributed by atoms with Gasteiger partial charge in [0.25, 0.3) is 5.91 Å². The third-order valence-corrected chi connectivity index (χ3v) is 6.65. The number of halogens is 1. The van der Waals surface area contributed by atoms with Crippen molar-refractivity contribution < 1.29 is 4.79 Å². The first-order valence-corrected chi connectivity index (χ1v) is 10.0. The van der Waals surface area contributed by atoms with E-state index in [9.17, 15) is 4.79 Å². The first-order chi connectivity index (χ1) is 13.5. The molecule has 2 N–H and O–H groups in total. The van der Waals surface area contributed by atoms with Crippen LogP contribution in [-0.2, 0) is 18.9 Å². The lowest BCUT2D eigenvalue weighted by molar-refractivity contribution is 0.0624. The number of nitrogens with two attached hydrogens (primary N) is 1. The smallest absolute Gasteiger partial charge is 0.270 e. The fourth-order valence-corrected chi connectivity index (χ4v) is 5.30. The number of piperidine rings is 1. The number of nitrogens with zero attached hydrogens (tertiary/aromatic N) is 4.